The van der Waals surface area contributed by atoms with E-state index in [1.165, 1.54) is 16.2 Å². The van der Waals surface area contributed by atoms with Gasteiger partial charge in [-0.3, -0.25) is 14.6 Å². The van der Waals surface area contributed by atoms with Crippen molar-refractivity contribution >= 4 is 28.8 Å². The van der Waals surface area contributed by atoms with Gasteiger partial charge in [0, 0.05) is 16.6 Å². The summed E-state index contributed by atoms with van der Waals surface area (Å²) in [6.45, 7) is 2.24. The number of hydrogen-bond acceptors (Lipinski definition) is 5. The van der Waals surface area contributed by atoms with E-state index in [2.05, 4.69) is 11.9 Å². The summed E-state index contributed by atoms with van der Waals surface area (Å²) in [5.74, 6) is -1.44. The quantitative estimate of drug-likeness (QED) is 0.390. The molecule has 0 spiro atoms. The van der Waals surface area contributed by atoms with Crippen molar-refractivity contribution < 1.29 is 14.7 Å². The number of pyridine rings is 1. The topological polar surface area (TPSA) is 70.5 Å². The van der Waals surface area contributed by atoms with Gasteiger partial charge < -0.3 is 10.0 Å². The standard InChI is InChI=1S/C23H20N2O3S/c1-2-15-8-10-16(11-9-15)21(26)19-20(18-7-5-13-29-18)25(23(28)22(19)27)14-17-6-3-4-12-24-17/h3-13,20,26H,2,14H2,1H3/b21-19-. The summed E-state index contributed by atoms with van der Waals surface area (Å²) < 4.78 is 0. The van der Waals surface area contributed by atoms with Gasteiger partial charge in [-0.1, -0.05) is 43.3 Å². The second kappa shape index (κ2) is 8.01. The number of amides is 1. The molecule has 1 amide bonds. The Morgan fingerprint density at radius 3 is 2.52 bits per heavy atom. The number of carbonyl (C=O) groups is 2. The first-order valence-electron chi connectivity index (χ1n) is 9.41. The molecule has 1 atom stereocenters. The van der Waals surface area contributed by atoms with E-state index in [1.54, 1.807) is 24.4 Å². The van der Waals surface area contributed by atoms with E-state index in [9.17, 15) is 14.7 Å². The Balaban J connectivity index is 1.81. The molecule has 1 aromatic carbocycles. The van der Waals surface area contributed by atoms with Gasteiger partial charge in [-0.25, -0.2) is 0 Å². The van der Waals surface area contributed by atoms with E-state index < -0.39 is 17.7 Å². The van der Waals surface area contributed by atoms with Crippen LogP contribution in [-0.4, -0.2) is 26.7 Å². The van der Waals surface area contributed by atoms with Gasteiger partial charge in [-0.05, 0) is 35.6 Å². The smallest absolute Gasteiger partial charge is 0.296 e. The molecule has 3 aromatic rings. The number of rotatable bonds is 5. The Kier molecular flexibility index (Phi) is 5.27. The molecule has 29 heavy (non-hydrogen) atoms. The predicted molar refractivity (Wildman–Crippen MR) is 112 cm³/mol. The average Bonchev–Trinajstić information content (AvgIpc) is 3.37. The molecule has 5 nitrogen and oxygen atoms in total. The molecule has 0 bridgehead atoms. The third-order valence-electron chi connectivity index (χ3n) is 5.05. The minimum Gasteiger partial charge on any atom is -0.507 e. The third kappa shape index (κ3) is 3.59. The zero-order valence-electron chi connectivity index (χ0n) is 15.9. The largest absolute Gasteiger partial charge is 0.507 e. The SMILES string of the molecule is CCc1ccc(/C(O)=C2/C(=O)C(=O)N(Cc3ccccn3)C2c2cccs2)cc1. The van der Waals surface area contributed by atoms with E-state index in [4.69, 9.17) is 0 Å². The Morgan fingerprint density at radius 1 is 1.10 bits per heavy atom. The lowest BCUT2D eigenvalue weighted by molar-refractivity contribution is -0.140. The lowest BCUT2D eigenvalue weighted by Gasteiger charge is -2.23. The number of thiophene rings is 1. The van der Waals surface area contributed by atoms with Crippen LogP contribution in [0, 0.1) is 0 Å². The fourth-order valence-corrected chi connectivity index (χ4v) is 4.35. The maximum absolute atomic E-state index is 12.9. The number of aromatic nitrogens is 1. The number of hydrogen-bond donors (Lipinski definition) is 1. The average molecular weight is 404 g/mol. The molecule has 1 saturated heterocycles. The highest BCUT2D eigenvalue weighted by atomic mass is 32.1. The molecule has 0 aliphatic carbocycles. The summed E-state index contributed by atoms with van der Waals surface area (Å²) in [4.78, 5) is 32.4. The summed E-state index contributed by atoms with van der Waals surface area (Å²) >= 11 is 1.45. The monoisotopic (exact) mass is 404 g/mol. The highest BCUT2D eigenvalue weighted by Crippen LogP contribution is 2.41. The molecule has 1 fully saturated rings. The van der Waals surface area contributed by atoms with Crippen LogP contribution in [0.15, 0.2) is 71.7 Å². The number of aliphatic hydroxyl groups excluding tert-OH is 1. The van der Waals surface area contributed by atoms with Gasteiger partial charge in [-0.2, -0.15) is 0 Å². The molecule has 1 aliphatic heterocycles. The van der Waals surface area contributed by atoms with E-state index in [0.717, 1.165) is 16.9 Å². The highest BCUT2D eigenvalue weighted by molar-refractivity contribution is 7.10. The molecule has 3 heterocycles. The molecule has 1 N–H and O–H groups in total. The second-order valence-corrected chi connectivity index (χ2v) is 7.79. The van der Waals surface area contributed by atoms with Gasteiger partial charge in [0.05, 0.1) is 17.8 Å². The van der Waals surface area contributed by atoms with Crippen LogP contribution in [0.5, 0.6) is 0 Å². The number of likely N-dealkylation sites (tertiary alicyclic amines) is 1. The van der Waals surface area contributed by atoms with Crippen LogP contribution in [-0.2, 0) is 22.6 Å². The van der Waals surface area contributed by atoms with Crippen molar-refractivity contribution in [1.29, 1.82) is 0 Å². The first-order valence-corrected chi connectivity index (χ1v) is 10.3. The van der Waals surface area contributed by atoms with Gasteiger partial charge in [0.1, 0.15) is 11.8 Å². The minimum absolute atomic E-state index is 0.123. The maximum atomic E-state index is 12.9. The molecule has 2 aromatic heterocycles. The van der Waals surface area contributed by atoms with Crippen molar-refractivity contribution in [2.75, 3.05) is 0 Å². The van der Waals surface area contributed by atoms with Gasteiger partial charge >= 0.3 is 0 Å². The number of aryl methyl sites for hydroxylation is 1. The van der Waals surface area contributed by atoms with Crippen LogP contribution in [0.1, 0.15) is 34.7 Å². The van der Waals surface area contributed by atoms with Crippen LogP contribution >= 0.6 is 11.3 Å². The lowest BCUT2D eigenvalue weighted by atomic mass is 9.99. The third-order valence-corrected chi connectivity index (χ3v) is 5.97. The first-order chi connectivity index (χ1) is 14.1. The zero-order chi connectivity index (χ0) is 20.4. The number of nitrogens with zero attached hydrogens (tertiary/aromatic N) is 2. The number of aliphatic hydroxyl groups is 1. The number of carbonyl (C=O) groups excluding carboxylic acids is 2. The normalized spacial score (nSPS) is 18.4. The predicted octanol–water partition coefficient (Wildman–Crippen LogP) is 4.33. The van der Waals surface area contributed by atoms with E-state index in [1.807, 2.05) is 41.8 Å². The van der Waals surface area contributed by atoms with Gasteiger partial charge in [0.15, 0.2) is 0 Å². The number of Topliss-reactive ketones (excluding diaryl/α,β-unsaturated/α-hetero) is 1. The summed E-state index contributed by atoms with van der Waals surface area (Å²) in [5, 5.41) is 12.9. The van der Waals surface area contributed by atoms with Crippen LogP contribution in [0.3, 0.4) is 0 Å². The molecular weight excluding hydrogens is 384 g/mol. The van der Waals surface area contributed by atoms with Crippen molar-refractivity contribution in [3.63, 3.8) is 0 Å². The Bertz CT molecular complexity index is 1060. The summed E-state index contributed by atoms with van der Waals surface area (Å²) in [7, 11) is 0. The molecule has 0 radical (unpaired) electrons. The van der Waals surface area contributed by atoms with Crippen LogP contribution in [0.4, 0.5) is 0 Å². The Morgan fingerprint density at radius 2 is 1.90 bits per heavy atom. The summed E-state index contributed by atoms with van der Waals surface area (Å²) in [5.41, 5.74) is 2.47. The van der Waals surface area contributed by atoms with E-state index >= 15 is 0 Å². The minimum atomic E-state index is -0.670. The first kappa shape index (κ1) is 19.1. The fraction of sp³-hybridized carbons (Fsp3) is 0.174. The molecule has 1 unspecified atom stereocenters. The number of benzene rings is 1. The van der Waals surface area contributed by atoms with Gasteiger partial charge in [0.25, 0.3) is 11.7 Å². The molecule has 146 valence electrons. The van der Waals surface area contributed by atoms with Crippen LogP contribution < -0.4 is 0 Å². The molecule has 1 aliphatic rings. The zero-order valence-corrected chi connectivity index (χ0v) is 16.7. The van der Waals surface area contributed by atoms with Crippen molar-refractivity contribution in [2.24, 2.45) is 0 Å². The molecule has 0 saturated carbocycles. The molecular formula is C23H20N2O3S. The van der Waals surface area contributed by atoms with Crippen LogP contribution in [0.25, 0.3) is 5.76 Å². The summed E-state index contributed by atoms with van der Waals surface area (Å²) in [6, 6.07) is 16.0. The van der Waals surface area contributed by atoms with Crippen molar-refractivity contribution in [3.05, 3.63) is 93.4 Å². The Hall–Kier alpha value is -3.25. The van der Waals surface area contributed by atoms with E-state index in [0.29, 0.717) is 11.3 Å². The van der Waals surface area contributed by atoms with Crippen molar-refractivity contribution in [1.82, 2.24) is 9.88 Å². The van der Waals surface area contributed by atoms with Crippen LogP contribution in [0.2, 0.25) is 0 Å². The lowest BCUT2D eigenvalue weighted by Crippen LogP contribution is -2.29. The molecule has 6 heteroatoms. The van der Waals surface area contributed by atoms with Gasteiger partial charge in [0.2, 0.25) is 0 Å². The van der Waals surface area contributed by atoms with E-state index in [-0.39, 0.29) is 17.9 Å². The Labute approximate surface area is 173 Å². The highest BCUT2D eigenvalue weighted by Gasteiger charge is 2.46. The fourth-order valence-electron chi connectivity index (χ4n) is 3.51. The second-order valence-electron chi connectivity index (χ2n) is 6.81. The van der Waals surface area contributed by atoms with Gasteiger partial charge in [-0.15, -0.1) is 11.3 Å². The van der Waals surface area contributed by atoms with Crippen molar-refractivity contribution in [3.8, 4) is 0 Å². The molecule has 4 rings (SSSR count). The van der Waals surface area contributed by atoms with Crippen molar-refractivity contribution in [2.45, 2.75) is 25.9 Å². The maximum Gasteiger partial charge on any atom is 0.296 e. The summed E-state index contributed by atoms with van der Waals surface area (Å²) in [6.07, 6.45) is 2.53. The number of ketones is 1.